The van der Waals surface area contributed by atoms with Crippen molar-refractivity contribution >= 4 is 27.5 Å². The molecule has 1 unspecified atom stereocenters. The van der Waals surface area contributed by atoms with E-state index < -0.39 is 16.1 Å². The monoisotopic (exact) mass is 513 g/mol. The summed E-state index contributed by atoms with van der Waals surface area (Å²) in [5.74, 6) is -0.540. The first-order chi connectivity index (χ1) is 17.2. The summed E-state index contributed by atoms with van der Waals surface area (Å²) in [5.41, 5.74) is 2.40. The highest BCUT2D eigenvalue weighted by atomic mass is 32.2. The molecule has 0 bridgehead atoms. The van der Waals surface area contributed by atoms with Crippen LogP contribution in [0.25, 0.3) is 0 Å². The summed E-state index contributed by atoms with van der Waals surface area (Å²) in [7, 11) is -3.73. The van der Waals surface area contributed by atoms with Crippen LogP contribution in [0.4, 0.5) is 5.69 Å². The maximum Gasteiger partial charge on any atom is 0.244 e. The van der Waals surface area contributed by atoms with Crippen LogP contribution in [0.1, 0.15) is 57.1 Å². The molecule has 8 heteroatoms. The predicted molar refractivity (Wildman–Crippen MR) is 144 cm³/mol. The van der Waals surface area contributed by atoms with Crippen molar-refractivity contribution in [1.82, 2.24) is 10.2 Å². The topological polar surface area (TPSA) is 86.8 Å². The highest BCUT2D eigenvalue weighted by Gasteiger charge is 2.33. The Morgan fingerprint density at radius 3 is 2.25 bits per heavy atom. The Bertz CT molecular complexity index is 1110. The van der Waals surface area contributed by atoms with Gasteiger partial charge in [0, 0.05) is 12.6 Å². The van der Waals surface area contributed by atoms with Crippen molar-refractivity contribution < 1.29 is 18.0 Å². The van der Waals surface area contributed by atoms with Crippen LogP contribution >= 0.6 is 0 Å². The number of nitrogens with one attached hydrogen (secondary N) is 1. The van der Waals surface area contributed by atoms with Crippen molar-refractivity contribution in [3.8, 4) is 0 Å². The molecule has 1 N–H and O–H groups in total. The number of hydrogen-bond acceptors (Lipinski definition) is 4. The number of para-hydroxylation sites is 1. The minimum Gasteiger partial charge on any atom is -0.352 e. The van der Waals surface area contributed by atoms with E-state index in [9.17, 15) is 18.0 Å². The average molecular weight is 514 g/mol. The molecule has 1 aliphatic rings. The van der Waals surface area contributed by atoms with E-state index in [-0.39, 0.29) is 24.4 Å². The molecule has 1 aliphatic carbocycles. The van der Waals surface area contributed by atoms with E-state index >= 15 is 0 Å². The zero-order valence-corrected chi connectivity index (χ0v) is 22.5. The van der Waals surface area contributed by atoms with Crippen molar-refractivity contribution in [3.05, 3.63) is 65.7 Å². The maximum absolute atomic E-state index is 13.8. The van der Waals surface area contributed by atoms with Gasteiger partial charge in [-0.2, -0.15) is 0 Å². The number of carbonyl (C=O) groups is 2. The summed E-state index contributed by atoms with van der Waals surface area (Å²) in [6, 6.07) is 16.5. The fourth-order valence-electron chi connectivity index (χ4n) is 4.91. The van der Waals surface area contributed by atoms with Crippen LogP contribution in [0.3, 0.4) is 0 Å². The minimum absolute atomic E-state index is 0.140. The second-order valence-electron chi connectivity index (χ2n) is 9.49. The fraction of sp³-hybridized carbons (Fsp3) is 0.500. The number of amides is 2. The van der Waals surface area contributed by atoms with Gasteiger partial charge in [-0.25, -0.2) is 8.42 Å². The van der Waals surface area contributed by atoms with Gasteiger partial charge in [-0.15, -0.1) is 0 Å². The lowest BCUT2D eigenvalue weighted by molar-refractivity contribution is -0.139. The molecule has 1 saturated carbocycles. The quantitative estimate of drug-likeness (QED) is 0.466. The van der Waals surface area contributed by atoms with Gasteiger partial charge in [-0.1, -0.05) is 75.2 Å². The normalized spacial score (nSPS) is 14.9. The molecule has 0 radical (unpaired) electrons. The Morgan fingerprint density at radius 2 is 1.64 bits per heavy atom. The molecule has 2 amide bonds. The number of hydrogen-bond donors (Lipinski definition) is 1. The van der Waals surface area contributed by atoms with Crippen LogP contribution in [-0.2, 0) is 32.5 Å². The molecule has 0 saturated heterocycles. The third kappa shape index (κ3) is 7.32. The second-order valence-corrected chi connectivity index (χ2v) is 11.4. The summed E-state index contributed by atoms with van der Waals surface area (Å²) >= 11 is 0. The molecule has 0 spiro atoms. The Labute approximate surface area is 215 Å². The summed E-state index contributed by atoms with van der Waals surface area (Å²) in [5, 5.41) is 3.13. The minimum atomic E-state index is -3.73. The first-order valence-electron chi connectivity index (χ1n) is 12.9. The number of nitrogens with zero attached hydrogens (tertiary/aromatic N) is 2. The Balaban J connectivity index is 1.88. The zero-order valence-electron chi connectivity index (χ0n) is 21.7. The van der Waals surface area contributed by atoms with Crippen molar-refractivity contribution in [3.63, 3.8) is 0 Å². The van der Waals surface area contributed by atoms with E-state index in [1.54, 1.807) is 17.0 Å². The molecule has 2 aromatic rings. The van der Waals surface area contributed by atoms with Crippen LogP contribution in [0.2, 0.25) is 0 Å². The fourth-order valence-corrected chi connectivity index (χ4v) is 5.79. The highest BCUT2D eigenvalue weighted by molar-refractivity contribution is 7.92. The smallest absolute Gasteiger partial charge is 0.244 e. The SMILES string of the molecule is CCc1ccccc1N(CC(=O)N(CCc1ccccc1)C(CC)C(=O)NC1CCCC1)S(C)(=O)=O. The molecule has 1 atom stereocenters. The summed E-state index contributed by atoms with van der Waals surface area (Å²) in [6.45, 7) is 3.82. The highest BCUT2D eigenvalue weighted by Crippen LogP contribution is 2.24. The van der Waals surface area contributed by atoms with E-state index in [0.29, 0.717) is 31.5 Å². The molecule has 3 rings (SSSR count). The lowest BCUT2D eigenvalue weighted by Crippen LogP contribution is -2.54. The van der Waals surface area contributed by atoms with Gasteiger partial charge in [0.2, 0.25) is 21.8 Å². The van der Waals surface area contributed by atoms with Crippen LogP contribution in [0.15, 0.2) is 54.6 Å². The number of anilines is 1. The average Bonchev–Trinajstić information content (AvgIpc) is 3.37. The number of carbonyl (C=O) groups excluding carboxylic acids is 2. The molecule has 196 valence electrons. The molecule has 7 nitrogen and oxygen atoms in total. The van der Waals surface area contributed by atoms with E-state index in [1.807, 2.05) is 56.3 Å². The van der Waals surface area contributed by atoms with Crippen molar-refractivity contribution in [1.29, 1.82) is 0 Å². The molecule has 0 aromatic heterocycles. The predicted octanol–water partition coefficient (Wildman–Crippen LogP) is 3.92. The van der Waals surface area contributed by atoms with Crippen molar-refractivity contribution in [2.24, 2.45) is 0 Å². The van der Waals surface area contributed by atoms with Gasteiger partial charge in [-0.05, 0) is 49.3 Å². The summed E-state index contributed by atoms with van der Waals surface area (Å²) in [4.78, 5) is 28.7. The van der Waals surface area contributed by atoms with Crippen LogP contribution < -0.4 is 9.62 Å². The number of rotatable bonds is 12. The maximum atomic E-state index is 13.8. The van der Waals surface area contributed by atoms with E-state index in [1.165, 1.54) is 4.31 Å². The zero-order chi connectivity index (χ0) is 26.1. The Kier molecular flexibility index (Phi) is 9.93. The number of aryl methyl sites for hydroxylation is 1. The first kappa shape index (κ1) is 27.7. The summed E-state index contributed by atoms with van der Waals surface area (Å²) in [6.07, 6.45) is 6.87. The van der Waals surface area contributed by atoms with Crippen LogP contribution in [0, 0.1) is 0 Å². The van der Waals surface area contributed by atoms with Gasteiger partial charge in [0.15, 0.2) is 0 Å². The van der Waals surface area contributed by atoms with Gasteiger partial charge in [0.1, 0.15) is 12.6 Å². The first-order valence-corrected chi connectivity index (χ1v) is 14.8. The standard InChI is InChI=1S/C28H39N3O4S/c1-4-23-15-9-12-18-26(23)31(36(3,34)35)21-27(32)30(20-19-22-13-7-6-8-14-22)25(5-2)28(33)29-24-16-10-11-17-24/h6-9,12-15,18,24-25H,4-5,10-11,16-17,19-21H2,1-3H3,(H,29,33). The largest absolute Gasteiger partial charge is 0.352 e. The Hall–Kier alpha value is -2.87. The van der Waals surface area contributed by atoms with Gasteiger partial charge in [-0.3, -0.25) is 13.9 Å². The third-order valence-electron chi connectivity index (χ3n) is 6.89. The van der Waals surface area contributed by atoms with Crippen molar-refractivity contribution in [2.75, 3.05) is 23.7 Å². The van der Waals surface area contributed by atoms with Crippen molar-refractivity contribution in [2.45, 2.75) is 70.9 Å². The van der Waals surface area contributed by atoms with Gasteiger partial charge in [0.05, 0.1) is 11.9 Å². The number of sulfonamides is 1. The molecule has 36 heavy (non-hydrogen) atoms. The van der Waals surface area contributed by atoms with Crippen LogP contribution in [-0.4, -0.2) is 56.6 Å². The van der Waals surface area contributed by atoms with E-state index in [0.717, 1.165) is 43.1 Å². The molecule has 1 fully saturated rings. The Morgan fingerprint density at radius 1 is 1.00 bits per heavy atom. The van der Waals surface area contributed by atoms with Gasteiger partial charge in [0.25, 0.3) is 0 Å². The van der Waals surface area contributed by atoms with E-state index in [2.05, 4.69) is 5.32 Å². The summed E-state index contributed by atoms with van der Waals surface area (Å²) < 4.78 is 26.8. The van der Waals surface area contributed by atoms with Gasteiger partial charge < -0.3 is 10.2 Å². The van der Waals surface area contributed by atoms with Gasteiger partial charge >= 0.3 is 0 Å². The molecular formula is C28H39N3O4S. The molecule has 0 aliphatic heterocycles. The number of benzene rings is 2. The lowest BCUT2D eigenvalue weighted by atomic mass is 10.1. The second kappa shape index (κ2) is 12.9. The lowest BCUT2D eigenvalue weighted by Gasteiger charge is -2.33. The third-order valence-corrected chi connectivity index (χ3v) is 8.02. The van der Waals surface area contributed by atoms with Crippen LogP contribution in [0.5, 0.6) is 0 Å². The molecule has 0 heterocycles. The molecular weight excluding hydrogens is 474 g/mol. The van der Waals surface area contributed by atoms with E-state index in [4.69, 9.17) is 0 Å². The molecule has 2 aromatic carbocycles.